The molecule has 0 fully saturated rings. The van der Waals surface area contributed by atoms with E-state index in [0.29, 0.717) is 18.4 Å². The van der Waals surface area contributed by atoms with Crippen LogP contribution in [0.3, 0.4) is 0 Å². The highest BCUT2D eigenvalue weighted by molar-refractivity contribution is 6.09. The quantitative estimate of drug-likeness (QED) is 0.575. The van der Waals surface area contributed by atoms with Crippen LogP contribution in [0, 0.1) is 18.3 Å². The Morgan fingerprint density at radius 3 is 2.85 bits per heavy atom. The third-order valence-corrected chi connectivity index (χ3v) is 6.27. The molecule has 0 saturated carbocycles. The van der Waals surface area contributed by atoms with Gasteiger partial charge in [0.25, 0.3) is 5.91 Å². The molecule has 1 spiro atoms. The van der Waals surface area contributed by atoms with E-state index in [2.05, 4.69) is 36.3 Å². The Labute approximate surface area is 159 Å². The number of ether oxygens (including phenoxy) is 1. The van der Waals surface area contributed by atoms with Gasteiger partial charge < -0.3 is 4.74 Å². The molecule has 0 saturated heterocycles. The predicted molar refractivity (Wildman–Crippen MR) is 105 cm³/mol. The van der Waals surface area contributed by atoms with Gasteiger partial charge in [-0.25, -0.2) is 0 Å². The minimum Gasteiger partial charge on any atom is -0.356 e. The Bertz CT molecular complexity index is 1020. The number of benzene rings is 2. The van der Waals surface area contributed by atoms with Crippen molar-refractivity contribution in [1.82, 2.24) is 0 Å². The van der Waals surface area contributed by atoms with Crippen LogP contribution in [0.2, 0.25) is 0 Å². The fourth-order valence-electron chi connectivity index (χ4n) is 5.02. The van der Waals surface area contributed by atoms with Crippen LogP contribution in [0.1, 0.15) is 29.5 Å². The Morgan fingerprint density at radius 2 is 2.00 bits per heavy atom. The van der Waals surface area contributed by atoms with Crippen molar-refractivity contribution in [3.8, 4) is 12.3 Å². The molecular weight excluding hydrogens is 334 g/mol. The maximum Gasteiger partial charge on any atom is 0.269 e. The SMILES string of the molecule is C#CCN1C(=O)[C@]2(OC[C@@H]3Cc4ccccc4[C@@H]3C=C2C)c2ccccc21. The summed E-state index contributed by atoms with van der Waals surface area (Å²) in [7, 11) is 0. The molecule has 3 heteroatoms. The van der Waals surface area contributed by atoms with E-state index in [1.807, 2.05) is 31.2 Å². The van der Waals surface area contributed by atoms with Crippen LogP contribution >= 0.6 is 0 Å². The lowest BCUT2D eigenvalue weighted by Crippen LogP contribution is -2.43. The monoisotopic (exact) mass is 355 g/mol. The van der Waals surface area contributed by atoms with Gasteiger partial charge in [0.2, 0.25) is 0 Å². The summed E-state index contributed by atoms with van der Waals surface area (Å²) in [5.41, 5.74) is 4.44. The van der Waals surface area contributed by atoms with Gasteiger partial charge in [0.1, 0.15) is 0 Å². The van der Waals surface area contributed by atoms with E-state index >= 15 is 0 Å². The first kappa shape index (κ1) is 16.4. The van der Waals surface area contributed by atoms with E-state index in [-0.39, 0.29) is 12.5 Å². The smallest absolute Gasteiger partial charge is 0.269 e. The zero-order valence-corrected chi connectivity index (χ0v) is 15.3. The zero-order chi connectivity index (χ0) is 18.6. The van der Waals surface area contributed by atoms with E-state index in [9.17, 15) is 4.79 Å². The number of amides is 1. The molecule has 0 bridgehead atoms. The first-order valence-electron chi connectivity index (χ1n) is 9.42. The summed E-state index contributed by atoms with van der Waals surface area (Å²) in [6.07, 6.45) is 8.79. The molecule has 0 radical (unpaired) electrons. The number of rotatable bonds is 1. The number of allylic oxidation sites excluding steroid dienone is 1. The number of nitrogens with zero attached hydrogens (tertiary/aromatic N) is 1. The fourth-order valence-corrected chi connectivity index (χ4v) is 5.02. The van der Waals surface area contributed by atoms with Crippen LogP contribution in [0.25, 0.3) is 0 Å². The Kier molecular flexibility index (Phi) is 3.54. The van der Waals surface area contributed by atoms with E-state index < -0.39 is 5.60 Å². The van der Waals surface area contributed by atoms with Crippen molar-refractivity contribution in [2.24, 2.45) is 5.92 Å². The number of carbonyl (C=O) groups is 1. The van der Waals surface area contributed by atoms with Crippen LogP contribution < -0.4 is 4.90 Å². The number of hydrogen-bond acceptors (Lipinski definition) is 2. The van der Waals surface area contributed by atoms with E-state index in [4.69, 9.17) is 11.2 Å². The normalized spacial score (nSPS) is 28.2. The van der Waals surface area contributed by atoms with Gasteiger partial charge in [0.05, 0.1) is 18.8 Å². The van der Waals surface area contributed by atoms with Crippen LogP contribution in [0.4, 0.5) is 5.69 Å². The second kappa shape index (κ2) is 5.84. The summed E-state index contributed by atoms with van der Waals surface area (Å²) < 4.78 is 6.50. The number of anilines is 1. The highest BCUT2D eigenvalue weighted by Gasteiger charge is 2.55. The van der Waals surface area contributed by atoms with Crippen molar-refractivity contribution < 1.29 is 9.53 Å². The lowest BCUT2D eigenvalue weighted by Gasteiger charge is -2.29. The molecule has 3 nitrogen and oxygen atoms in total. The van der Waals surface area contributed by atoms with Gasteiger partial charge in [-0.2, -0.15) is 0 Å². The highest BCUT2D eigenvalue weighted by atomic mass is 16.5. The number of fused-ring (bicyclic) bond motifs is 5. The molecule has 1 aliphatic carbocycles. The molecule has 2 heterocycles. The van der Waals surface area contributed by atoms with Gasteiger partial charge in [-0.05, 0) is 42.0 Å². The molecular formula is C24H21NO2. The van der Waals surface area contributed by atoms with Crippen molar-refractivity contribution in [2.45, 2.75) is 24.9 Å². The van der Waals surface area contributed by atoms with E-state index in [0.717, 1.165) is 23.2 Å². The van der Waals surface area contributed by atoms with Gasteiger partial charge in [0.15, 0.2) is 5.60 Å². The van der Waals surface area contributed by atoms with Gasteiger partial charge in [-0.15, -0.1) is 6.42 Å². The second-order valence-electron chi connectivity index (χ2n) is 7.64. The van der Waals surface area contributed by atoms with Crippen molar-refractivity contribution in [3.63, 3.8) is 0 Å². The lowest BCUT2D eigenvalue weighted by atomic mass is 9.85. The molecule has 2 aromatic rings. The van der Waals surface area contributed by atoms with Crippen molar-refractivity contribution in [2.75, 3.05) is 18.1 Å². The van der Waals surface area contributed by atoms with Crippen LogP contribution in [-0.4, -0.2) is 19.1 Å². The maximum atomic E-state index is 13.5. The fraction of sp³-hybridized carbons (Fsp3) is 0.292. The van der Waals surface area contributed by atoms with Crippen LogP contribution in [0.15, 0.2) is 60.2 Å². The van der Waals surface area contributed by atoms with Crippen molar-refractivity contribution in [3.05, 3.63) is 76.9 Å². The first-order valence-corrected chi connectivity index (χ1v) is 9.42. The maximum absolute atomic E-state index is 13.5. The van der Waals surface area contributed by atoms with Crippen molar-refractivity contribution in [1.29, 1.82) is 0 Å². The van der Waals surface area contributed by atoms with Gasteiger partial charge >= 0.3 is 0 Å². The van der Waals surface area contributed by atoms with Crippen molar-refractivity contribution >= 4 is 11.6 Å². The number of para-hydroxylation sites is 1. The number of terminal acetylenes is 1. The van der Waals surface area contributed by atoms with E-state index in [1.165, 1.54) is 11.1 Å². The molecule has 1 amide bonds. The lowest BCUT2D eigenvalue weighted by molar-refractivity contribution is -0.139. The molecule has 5 rings (SSSR count). The predicted octanol–water partition coefficient (Wildman–Crippen LogP) is 3.79. The first-order chi connectivity index (χ1) is 13.2. The van der Waals surface area contributed by atoms with Gasteiger partial charge in [0, 0.05) is 11.5 Å². The molecule has 3 aliphatic rings. The molecule has 0 unspecified atom stereocenters. The minimum atomic E-state index is -1.05. The van der Waals surface area contributed by atoms with Crippen LogP contribution in [0.5, 0.6) is 0 Å². The average molecular weight is 355 g/mol. The third-order valence-electron chi connectivity index (χ3n) is 6.27. The number of hydrogen-bond donors (Lipinski definition) is 0. The summed E-state index contributed by atoms with van der Waals surface area (Å²) in [5, 5.41) is 0. The molecule has 0 aromatic heterocycles. The largest absolute Gasteiger partial charge is 0.356 e. The summed E-state index contributed by atoms with van der Waals surface area (Å²) in [4.78, 5) is 15.2. The molecule has 2 aliphatic heterocycles. The summed E-state index contributed by atoms with van der Waals surface area (Å²) >= 11 is 0. The Hall–Kier alpha value is -2.83. The third kappa shape index (κ3) is 2.11. The standard InChI is InChI=1S/C24H21NO2/c1-3-12-25-22-11-7-6-10-21(22)24(23(25)26)16(2)13-20-18(15-27-24)14-17-8-4-5-9-19(17)20/h1,4-11,13,18,20H,12,14-15H2,2H3/t18-,20+,24+/m0/s1. The zero-order valence-electron chi connectivity index (χ0n) is 15.3. The molecule has 3 atom stereocenters. The minimum absolute atomic E-state index is 0.0661. The number of carbonyl (C=O) groups excluding carboxylic acids is 1. The molecule has 2 aromatic carbocycles. The Morgan fingerprint density at radius 1 is 1.22 bits per heavy atom. The summed E-state index contributed by atoms with van der Waals surface area (Å²) in [6, 6.07) is 16.5. The summed E-state index contributed by atoms with van der Waals surface area (Å²) in [5.74, 6) is 3.20. The van der Waals surface area contributed by atoms with Gasteiger partial charge in [-0.1, -0.05) is 54.5 Å². The van der Waals surface area contributed by atoms with Gasteiger partial charge in [-0.3, -0.25) is 9.69 Å². The molecule has 0 N–H and O–H groups in total. The molecule has 134 valence electrons. The summed E-state index contributed by atoms with van der Waals surface area (Å²) in [6.45, 7) is 2.83. The topological polar surface area (TPSA) is 29.5 Å². The Balaban J connectivity index is 1.66. The molecule has 27 heavy (non-hydrogen) atoms. The van der Waals surface area contributed by atoms with Crippen LogP contribution in [-0.2, 0) is 21.6 Å². The average Bonchev–Trinajstić information content (AvgIpc) is 3.09. The highest BCUT2D eigenvalue weighted by Crippen LogP contribution is 2.51. The van der Waals surface area contributed by atoms with E-state index in [1.54, 1.807) is 4.90 Å². The second-order valence-corrected chi connectivity index (χ2v) is 7.64.